The minimum absolute atomic E-state index is 0.0495. The molecule has 31 heavy (non-hydrogen) atoms. The van der Waals surface area contributed by atoms with Crippen molar-refractivity contribution in [3.05, 3.63) is 71.9 Å². The summed E-state index contributed by atoms with van der Waals surface area (Å²) in [7, 11) is 3.36. The fourth-order valence-electron chi connectivity index (χ4n) is 3.95. The number of nitrogens with one attached hydrogen (secondary N) is 1. The first-order valence-electron chi connectivity index (χ1n) is 10.4. The summed E-state index contributed by atoms with van der Waals surface area (Å²) in [6, 6.07) is 17.9. The SMILES string of the molecule is COc1ccc(-c2[nH]ncc2CN2CC(=O)N(Cc3ccccc3)CC(OC)C2)cc1. The number of methoxy groups -OCH3 is 2. The van der Waals surface area contributed by atoms with Crippen LogP contribution in [0.25, 0.3) is 11.3 Å². The number of aromatic amines is 1. The highest BCUT2D eigenvalue weighted by Gasteiger charge is 2.28. The number of aromatic nitrogens is 2. The quantitative estimate of drug-likeness (QED) is 0.636. The molecule has 1 unspecified atom stereocenters. The van der Waals surface area contributed by atoms with Crippen molar-refractivity contribution in [3.8, 4) is 17.0 Å². The number of hydrogen-bond donors (Lipinski definition) is 1. The zero-order chi connectivity index (χ0) is 21.6. The molecule has 0 spiro atoms. The third-order valence-corrected chi connectivity index (χ3v) is 5.64. The standard InChI is InChI=1S/C24H28N4O3/c1-30-21-10-8-19(9-11-21)24-20(12-25-26-24)14-27-15-22(31-2)16-28(23(29)17-27)13-18-6-4-3-5-7-18/h3-12,22H,13-17H2,1-2H3,(H,25,26). The summed E-state index contributed by atoms with van der Waals surface area (Å²) in [6.07, 6.45) is 1.78. The van der Waals surface area contributed by atoms with E-state index in [9.17, 15) is 4.79 Å². The Morgan fingerprint density at radius 2 is 1.81 bits per heavy atom. The van der Waals surface area contributed by atoms with Gasteiger partial charge in [-0.25, -0.2) is 0 Å². The Bertz CT molecular complexity index is 988. The van der Waals surface area contributed by atoms with E-state index in [1.165, 1.54) is 0 Å². The Kier molecular flexibility index (Phi) is 6.64. The molecular weight excluding hydrogens is 392 g/mol. The summed E-state index contributed by atoms with van der Waals surface area (Å²) < 4.78 is 11.0. The molecule has 2 heterocycles. The second kappa shape index (κ2) is 9.76. The second-order valence-corrected chi connectivity index (χ2v) is 7.79. The number of rotatable bonds is 7. The van der Waals surface area contributed by atoms with Crippen molar-refractivity contribution in [2.24, 2.45) is 0 Å². The molecule has 0 saturated carbocycles. The van der Waals surface area contributed by atoms with E-state index in [0.717, 1.165) is 28.1 Å². The summed E-state index contributed by atoms with van der Waals surface area (Å²) in [5.74, 6) is 0.919. The highest BCUT2D eigenvalue weighted by molar-refractivity contribution is 5.78. The zero-order valence-corrected chi connectivity index (χ0v) is 18.0. The van der Waals surface area contributed by atoms with Gasteiger partial charge in [0.25, 0.3) is 0 Å². The molecule has 4 rings (SSSR count). The van der Waals surface area contributed by atoms with Crippen LogP contribution in [0.1, 0.15) is 11.1 Å². The first-order valence-corrected chi connectivity index (χ1v) is 10.4. The van der Waals surface area contributed by atoms with Crippen molar-refractivity contribution in [2.45, 2.75) is 19.2 Å². The zero-order valence-electron chi connectivity index (χ0n) is 18.0. The molecular formula is C24H28N4O3. The number of hydrogen-bond acceptors (Lipinski definition) is 5. The van der Waals surface area contributed by atoms with Gasteiger partial charge in [-0.15, -0.1) is 0 Å². The average molecular weight is 421 g/mol. The van der Waals surface area contributed by atoms with Gasteiger partial charge in [0.05, 0.1) is 31.6 Å². The van der Waals surface area contributed by atoms with Crippen molar-refractivity contribution < 1.29 is 14.3 Å². The molecule has 2 aromatic carbocycles. The fourth-order valence-corrected chi connectivity index (χ4v) is 3.95. The summed E-state index contributed by atoms with van der Waals surface area (Å²) in [5, 5.41) is 7.35. The smallest absolute Gasteiger partial charge is 0.237 e. The van der Waals surface area contributed by atoms with Gasteiger partial charge in [-0.3, -0.25) is 14.8 Å². The molecule has 7 heteroatoms. The van der Waals surface area contributed by atoms with Gasteiger partial charge >= 0.3 is 0 Å². The Morgan fingerprint density at radius 1 is 1.03 bits per heavy atom. The molecule has 7 nitrogen and oxygen atoms in total. The molecule has 0 radical (unpaired) electrons. The molecule has 0 bridgehead atoms. The Labute approximate surface area is 182 Å². The molecule has 3 aromatic rings. The van der Waals surface area contributed by atoms with Crippen molar-refractivity contribution in [2.75, 3.05) is 33.9 Å². The normalized spacial score (nSPS) is 17.5. The minimum Gasteiger partial charge on any atom is -0.497 e. The van der Waals surface area contributed by atoms with E-state index in [1.807, 2.05) is 65.7 Å². The van der Waals surface area contributed by atoms with E-state index in [0.29, 0.717) is 32.7 Å². The monoisotopic (exact) mass is 420 g/mol. The second-order valence-electron chi connectivity index (χ2n) is 7.79. The van der Waals surface area contributed by atoms with Crippen LogP contribution in [0.4, 0.5) is 0 Å². The van der Waals surface area contributed by atoms with E-state index in [2.05, 4.69) is 15.1 Å². The van der Waals surface area contributed by atoms with Crippen LogP contribution in [0.2, 0.25) is 0 Å². The molecule has 1 amide bonds. The van der Waals surface area contributed by atoms with E-state index >= 15 is 0 Å². The number of nitrogens with zero attached hydrogens (tertiary/aromatic N) is 3. The maximum atomic E-state index is 13.0. The number of benzene rings is 2. The van der Waals surface area contributed by atoms with E-state index in [4.69, 9.17) is 9.47 Å². The molecule has 162 valence electrons. The average Bonchev–Trinajstić information content (AvgIpc) is 3.20. The summed E-state index contributed by atoms with van der Waals surface area (Å²) in [5.41, 5.74) is 4.15. The number of ether oxygens (including phenoxy) is 2. The predicted molar refractivity (Wildman–Crippen MR) is 119 cm³/mol. The maximum absolute atomic E-state index is 13.0. The van der Waals surface area contributed by atoms with Gasteiger partial charge in [0.1, 0.15) is 5.75 Å². The summed E-state index contributed by atoms with van der Waals surface area (Å²) in [6.45, 7) is 2.82. The van der Waals surface area contributed by atoms with E-state index in [1.54, 1.807) is 14.2 Å². The van der Waals surface area contributed by atoms with Crippen molar-refractivity contribution in [3.63, 3.8) is 0 Å². The maximum Gasteiger partial charge on any atom is 0.237 e. The van der Waals surface area contributed by atoms with Crippen LogP contribution in [0.15, 0.2) is 60.8 Å². The minimum atomic E-state index is -0.0495. The van der Waals surface area contributed by atoms with Crippen LogP contribution in [-0.4, -0.2) is 65.9 Å². The van der Waals surface area contributed by atoms with Gasteiger partial charge in [-0.05, 0) is 29.8 Å². The highest BCUT2D eigenvalue weighted by Crippen LogP contribution is 2.25. The van der Waals surface area contributed by atoms with Crippen LogP contribution in [-0.2, 0) is 22.6 Å². The topological polar surface area (TPSA) is 70.7 Å². The van der Waals surface area contributed by atoms with Crippen LogP contribution in [0, 0.1) is 0 Å². The van der Waals surface area contributed by atoms with Crippen LogP contribution >= 0.6 is 0 Å². The van der Waals surface area contributed by atoms with Gasteiger partial charge in [0.2, 0.25) is 5.91 Å². The molecule has 1 aliphatic heterocycles. The molecule has 0 aliphatic carbocycles. The van der Waals surface area contributed by atoms with Crippen LogP contribution < -0.4 is 4.74 Å². The van der Waals surface area contributed by atoms with Crippen LogP contribution in [0.3, 0.4) is 0 Å². The summed E-state index contributed by atoms with van der Waals surface area (Å²) >= 11 is 0. The van der Waals surface area contributed by atoms with Crippen molar-refractivity contribution in [1.82, 2.24) is 20.0 Å². The molecule has 1 fully saturated rings. The first-order chi connectivity index (χ1) is 15.2. The van der Waals surface area contributed by atoms with Crippen molar-refractivity contribution >= 4 is 5.91 Å². The largest absolute Gasteiger partial charge is 0.497 e. The molecule has 1 aromatic heterocycles. The van der Waals surface area contributed by atoms with Gasteiger partial charge in [-0.1, -0.05) is 30.3 Å². The molecule has 1 saturated heterocycles. The lowest BCUT2D eigenvalue weighted by molar-refractivity contribution is -0.132. The lowest BCUT2D eigenvalue weighted by atomic mass is 10.1. The summed E-state index contributed by atoms with van der Waals surface area (Å²) in [4.78, 5) is 17.1. The van der Waals surface area contributed by atoms with Crippen LogP contribution in [0.5, 0.6) is 5.75 Å². The molecule has 1 atom stereocenters. The number of carbonyl (C=O) groups is 1. The predicted octanol–water partition coefficient (Wildman–Crippen LogP) is 2.94. The fraction of sp³-hybridized carbons (Fsp3) is 0.333. The van der Waals surface area contributed by atoms with E-state index in [-0.39, 0.29) is 12.0 Å². The number of carbonyl (C=O) groups excluding carboxylic acids is 1. The molecule has 1 aliphatic rings. The van der Waals surface area contributed by atoms with E-state index < -0.39 is 0 Å². The third kappa shape index (κ3) is 5.13. The number of amides is 1. The van der Waals surface area contributed by atoms with Gasteiger partial charge in [0.15, 0.2) is 0 Å². The lowest BCUT2D eigenvalue weighted by Crippen LogP contribution is -2.37. The third-order valence-electron chi connectivity index (χ3n) is 5.64. The van der Waals surface area contributed by atoms with Gasteiger partial charge < -0.3 is 14.4 Å². The first kappa shape index (κ1) is 21.1. The van der Waals surface area contributed by atoms with Crippen molar-refractivity contribution in [1.29, 1.82) is 0 Å². The lowest BCUT2D eigenvalue weighted by Gasteiger charge is -2.23. The Balaban J connectivity index is 1.49. The van der Waals surface area contributed by atoms with Gasteiger partial charge in [0, 0.05) is 44.4 Å². The Morgan fingerprint density at radius 3 is 2.52 bits per heavy atom. The highest BCUT2D eigenvalue weighted by atomic mass is 16.5. The molecule has 1 N–H and O–H groups in total. The Hall–Kier alpha value is -3.16. The number of H-pyrrole nitrogens is 1. The van der Waals surface area contributed by atoms with Gasteiger partial charge in [-0.2, -0.15) is 5.10 Å².